The quantitative estimate of drug-likeness (QED) is 0.347. The SMILES string of the molecule is CCC(=[C-]S)NC=C(N)C(C)=O. The van der Waals surface area contributed by atoms with Crippen molar-refractivity contribution >= 4 is 18.4 Å². The normalized spacial score (nSPS) is 12.9. The van der Waals surface area contributed by atoms with Crippen LogP contribution >= 0.6 is 12.6 Å². The Morgan fingerprint density at radius 1 is 1.75 bits per heavy atom. The van der Waals surface area contributed by atoms with E-state index in [4.69, 9.17) is 5.73 Å². The van der Waals surface area contributed by atoms with Crippen molar-refractivity contribution in [2.24, 2.45) is 5.73 Å². The Morgan fingerprint density at radius 3 is 2.67 bits per heavy atom. The number of rotatable bonds is 4. The molecule has 0 aliphatic rings. The molecular weight excluding hydrogens is 172 g/mol. The zero-order chi connectivity index (χ0) is 9.56. The summed E-state index contributed by atoms with van der Waals surface area (Å²) in [4.78, 5) is 10.7. The zero-order valence-electron chi connectivity index (χ0n) is 7.22. The van der Waals surface area contributed by atoms with Gasteiger partial charge in [-0.05, 0) is 6.42 Å². The second kappa shape index (κ2) is 5.71. The first-order chi connectivity index (χ1) is 5.61. The first-order valence-electron chi connectivity index (χ1n) is 3.60. The summed E-state index contributed by atoms with van der Waals surface area (Å²) >= 11 is 3.85. The molecule has 0 spiro atoms. The highest BCUT2D eigenvalue weighted by molar-refractivity contribution is 7.82. The van der Waals surface area contributed by atoms with E-state index >= 15 is 0 Å². The van der Waals surface area contributed by atoms with Crippen LogP contribution in [0.5, 0.6) is 0 Å². The van der Waals surface area contributed by atoms with Crippen LogP contribution in [0, 0.1) is 5.41 Å². The fourth-order valence-electron chi connectivity index (χ4n) is 0.480. The molecule has 3 nitrogen and oxygen atoms in total. The molecule has 0 amide bonds. The number of nitrogens with one attached hydrogen (secondary N) is 1. The summed E-state index contributed by atoms with van der Waals surface area (Å²) in [5.41, 5.74) is 6.35. The molecule has 0 aromatic rings. The Kier molecular flexibility index (Phi) is 5.28. The third-order valence-electron chi connectivity index (χ3n) is 1.30. The van der Waals surface area contributed by atoms with Crippen LogP contribution in [0.15, 0.2) is 17.6 Å². The molecule has 4 heteroatoms. The van der Waals surface area contributed by atoms with Crippen molar-refractivity contribution in [3.05, 3.63) is 23.0 Å². The first-order valence-corrected chi connectivity index (χ1v) is 4.05. The second-order valence-corrected chi connectivity index (χ2v) is 2.47. The van der Waals surface area contributed by atoms with E-state index in [-0.39, 0.29) is 11.5 Å². The van der Waals surface area contributed by atoms with Crippen LogP contribution in [0.3, 0.4) is 0 Å². The maximum Gasteiger partial charge on any atom is 0.176 e. The standard InChI is InChI=1S/C8H13N2OS/c1-3-7(5-12)10-4-8(9)6(2)11/h4,10,12H,3,9H2,1-2H3/q-1. The highest BCUT2D eigenvalue weighted by Crippen LogP contribution is 1.96. The third kappa shape index (κ3) is 4.08. The molecule has 0 saturated carbocycles. The lowest BCUT2D eigenvalue weighted by Crippen LogP contribution is -2.13. The first kappa shape index (κ1) is 11.1. The highest BCUT2D eigenvalue weighted by Gasteiger charge is 1.93. The molecule has 0 unspecified atom stereocenters. The van der Waals surface area contributed by atoms with Gasteiger partial charge in [0.2, 0.25) is 0 Å². The molecule has 0 aliphatic carbocycles. The lowest BCUT2D eigenvalue weighted by molar-refractivity contribution is -0.113. The molecule has 0 atom stereocenters. The van der Waals surface area contributed by atoms with Crippen molar-refractivity contribution in [1.29, 1.82) is 0 Å². The van der Waals surface area contributed by atoms with E-state index in [1.54, 1.807) is 0 Å². The smallest absolute Gasteiger partial charge is 0.176 e. The molecule has 0 bridgehead atoms. The molecule has 0 saturated heterocycles. The lowest BCUT2D eigenvalue weighted by atomic mass is 10.3. The molecule has 3 N–H and O–H groups in total. The van der Waals surface area contributed by atoms with Crippen molar-refractivity contribution in [2.75, 3.05) is 0 Å². The van der Waals surface area contributed by atoms with Crippen LogP contribution in [0.4, 0.5) is 0 Å². The molecule has 0 aromatic heterocycles. The van der Waals surface area contributed by atoms with Gasteiger partial charge in [-0.1, -0.05) is 6.92 Å². The summed E-state index contributed by atoms with van der Waals surface area (Å²) in [7, 11) is 0. The number of Topliss-reactive ketones (excluding diaryl/α,β-unsaturated/α-hetero) is 1. The summed E-state index contributed by atoms with van der Waals surface area (Å²) < 4.78 is 0. The zero-order valence-corrected chi connectivity index (χ0v) is 8.11. The van der Waals surface area contributed by atoms with Crippen molar-refractivity contribution in [2.45, 2.75) is 20.3 Å². The van der Waals surface area contributed by atoms with Gasteiger partial charge in [-0.15, -0.1) is 0 Å². The van der Waals surface area contributed by atoms with Gasteiger partial charge >= 0.3 is 0 Å². The van der Waals surface area contributed by atoms with Crippen molar-refractivity contribution in [3.63, 3.8) is 0 Å². The van der Waals surface area contributed by atoms with E-state index < -0.39 is 0 Å². The maximum absolute atomic E-state index is 10.7. The number of hydrogen-bond acceptors (Lipinski definition) is 4. The van der Waals surface area contributed by atoms with Crippen molar-refractivity contribution in [1.82, 2.24) is 5.32 Å². The molecule has 0 aliphatic heterocycles. The average Bonchev–Trinajstić information content (AvgIpc) is 2.05. The van der Waals surface area contributed by atoms with E-state index in [2.05, 4.69) is 23.4 Å². The van der Waals surface area contributed by atoms with Gasteiger partial charge in [0.05, 0.1) is 5.70 Å². The molecule has 68 valence electrons. The molecule has 12 heavy (non-hydrogen) atoms. The second-order valence-electron chi connectivity index (χ2n) is 2.24. The van der Waals surface area contributed by atoms with Gasteiger partial charge in [-0.25, -0.2) is 0 Å². The van der Waals surface area contributed by atoms with Crippen LogP contribution in [0.1, 0.15) is 20.3 Å². The van der Waals surface area contributed by atoms with Crippen LogP contribution in [-0.4, -0.2) is 5.78 Å². The summed E-state index contributed by atoms with van der Waals surface area (Å²) in [5.74, 6) is -0.155. The summed E-state index contributed by atoms with van der Waals surface area (Å²) in [6, 6.07) is 0. The minimum atomic E-state index is -0.155. The van der Waals surface area contributed by atoms with Crippen LogP contribution < -0.4 is 11.1 Å². The largest absolute Gasteiger partial charge is 0.415 e. The van der Waals surface area contributed by atoms with Gasteiger partial charge < -0.3 is 29.1 Å². The third-order valence-corrected chi connectivity index (χ3v) is 1.57. The number of ketones is 1. The Balaban J connectivity index is 4.12. The minimum absolute atomic E-state index is 0.155. The molecule has 0 fully saturated rings. The number of nitrogens with two attached hydrogens (primary N) is 1. The minimum Gasteiger partial charge on any atom is -0.415 e. The predicted molar refractivity (Wildman–Crippen MR) is 52.1 cm³/mol. The number of hydrogen-bond donors (Lipinski definition) is 3. The number of thiol groups is 1. The van der Waals surface area contributed by atoms with Gasteiger partial charge in [0.15, 0.2) is 5.78 Å². The van der Waals surface area contributed by atoms with E-state index in [0.717, 1.165) is 12.1 Å². The fraction of sp³-hybridized carbons (Fsp3) is 0.375. The van der Waals surface area contributed by atoms with E-state index in [1.807, 2.05) is 6.92 Å². The number of carbonyl (C=O) groups is 1. The number of carbonyl (C=O) groups excluding carboxylic acids is 1. The molecule has 0 rings (SSSR count). The van der Waals surface area contributed by atoms with E-state index in [1.165, 1.54) is 13.1 Å². The Labute approximate surface area is 78.1 Å². The predicted octanol–water partition coefficient (Wildman–Crippen LogP) is 0.949. The van der Waals surface area contributed by atoms with Crippen molar-refractivity contribution in [3.8, 4) is 0 Å². The summed E-state index contributed by atoms with van der Waals surface area (Å²) in [6.07, 6.45) is 2.22. The van der Waals surface area contributed by atoms with Crippen LogP contribution in [0.2, 0.25) is 0 Å². The molecular formula is C8H13N2OS-. The van der Waals surface area contributed by atoms with Crippen LogP contribution in [-0.2, 0) is 4.79 Å². The highest BCUT2D eigenvalue weighted by atomic mass is 32.1. The maximum atomic E-state index is 10.7. The Hall–Kier alpha value is -0.900. The molecule has 0 heterocycles. The van der Waals surface area contributed by atoms with Gasteiger partial charge in [-0.3, -0.25) is 4.79 Å². The number of allylic oxidation sites excluding steroid dienone is 2. The van der Waals surface area contributed by atoms with Crippen LogP contribution in [0.25, 0.3) is 0 Å². The lowest BCUT2D eigenvalue weighted by Gasteiger charge is -2.12. The Morgan fingerprint density at radius 2 is 2.33 bits per heavy atom. The average molecular weight is 185 g/mol. The van der Waals surface area contributed by atoms with E-state index in [0.29, 0.717) is 0 Å². The molecule has 0 radical (unpaired) electrons. The van der Waals surface area contributed by atoms with Gasteiger partial charge in [0.1, 0.15) is 0 Å². The van der Waals surface area contributed by atoms with Gasteiger partial charge in [0, 0.05) is 13.1 Å². The summed E-state index contributed by atoms with van der Waals surface area (Å²) in [5, 5.41) is 5.46. The van der Waals surface area contributed by atoms with Gasteiger partial charge in [0.25, 0.3) is 0 Å². The van der Waals surface area contributed by atoms with E-state index in [9.17, 15) is 4.79 Å². The Bertz CT molecular complexity index is 221. The van der Waals surface area contributed by atoms with Gasteiger partial charge in [-0.2, -0.15) is 5.70 Å². The summed E-state index contributed by atoms with van der Waals surface area (Å²) in [6.45, 7) is 3.36. The topological polar surface area (TPSA) is 55.1 Å². The molecule has 0 aromatic carbocycles. The van der Waals surface area contributed by atoms with Crippen molar-refractivity contribution < 1.29 is 4.79 Å². The monoisotopic (exact) mass is 185 g/mol. The fourth-order valence-corrected chi connectivity index (χ4v) is 0.703.